The molecule has 0 N–H and O–H groups in total. The van der Waals surface area contributed by atoms with Crippen LogP contribution in [0.3, 0.4) is 0 Å². The molecule has 1 fully saturated rings. The quantitative estimate of drug-likeness (QED) is 0.349. The van der Waals surface area contributed by atoms with Crippen molar-refractivity contribution in [2.45, 2.75) is 17.7 Å². The molecule has 0 bridgehead atoms. The van der Waals surface area contributed by atoms with Crippen molar-refractivity contribution in [1.29, 1.82) is 0 Å². The van der Waals surface area contributed by atoms with Crippen molar-refractivity contribution < 1.29 is 31.2 Å². The Morgan fingerprint density at radius 3 is 1.67 bits per heavy atom. The minimum atomic E-state index is -5.48. The highest BCUT2D eigenvalue weighted by Crippen LogP contribution is 2.54. The Morgan fingerprint density at radius 1 is 1.17 bits per heavy atom. The van der Waals surface area contributed by atoms with Crippen LogP contribution in [0.1, 0.15) is 0 Å². The fourth-order valence-electron chi connectivity index (χ4n) is 0.517. The van der Waals surface area contributed by atoms with Gasteiger partial charge in [-0.3, -0.25) is 0 Å². The van der Waals surface area contributed by atoms with Crippen LogP contribution in [0.4, 0.5) is 26.3 Å². The number of alkyl halides is 7. The van der Waals surface area contributed by atoms with Gasteiger partial charge in [-0.2, -0.15) is 26.3 Å². The first kappa shape index (κ1) is 9.87. The minimum Gasteiger partial charge on any atom is -0.223 e. The van der Waals surface area contributed by atoms with Crippen molar-refractivity contribution in [3.8, 4) is 0 Å². The predicted octanol–water partition coefficient (Wildman–Crippen LogP) is 2.21. The summed E-state index contributed by atoms with van der Waals surface area (Å²) in [5.74, 6) is 0. The summed E-state index contributed by atoms with van der Waals surface area (Å²) < 4.78 is 70.4. The fourth-order valence-corrected chi connectivity index (χ4v) is 0.663. The van der Waals surface area contributed by atoms with E-state index in [9.17, 15) is 26.3 Å². The zero-order chi connectivity index (χ0) is 9.78. The van der Waals surface area contributed by atoms with Crippen LogP contribution in [0.25, 0.3) is 0 Å². The molecule has 0 aromatic carbocycles. The standard InChI is InChI=1S/C3ClF6NO/c4-1(5)2(6,7)11(12-1)3(8,9)10/t1-/m0/s1. The third-order valence-electron chi connectivity index (χ3n) is 1.04. The highest BCUT2D eigenvalue weighted by Gasteiger charge is 2.79. The molecule has 2 nitrogen and oxygen atoms in total. The maximum Gasteiger partial charge on any atom is 0.488 e. The molecule has 1 saturated heterocycles. The molecule has 0 aromatic rings. The Labute approximate surface area is 66.6 Å². The van der Waals surface area contributed by atoms with Crippen LogP contribution in [-0.4, -0.2) is 22.7 Å². The molecule has 0 unspecified atom stereocenters. The van der Waals surface area contributed by atoms with Gasteiger partial charge in [-0.05, 0) is 16.7 Å². The van der Waals surface area contributed by atoms with Crippen molar-refractivity contribution in [3.05, 3.63) is 0 Å². The lowest BCUT2D eigenvalue weighted by atomic mass is 10.4. The van der Waals surface area contributed by atoms with Crippen LogP contribution in [0.5, 0.6) is 0 Å². The summed E-state index contributed by atoms with van der Waals surface area (Å²) in [5.41, 5.74) is 0. The number of halogens is 7. The fraction of sp³-hybridized carbons (Fsp3) is 1.00. The first-order valence-electron chi connectivity index (χ1n) is 2.41. The van der Waals surface area contributed by atoms with Gasteiger partial charge in [0.1, 0.15) is 0 Å². The summed E-state index contributed by atoms with van der Waals surface area (Å²) >= 11 is 4.22. The predicted molar refractivity (Wildman–Crippen MR) is 23.6 cm³/mol. The average molecular weight is 215 g/mol. The second kappa shape index (κ2) is 2.18. The summed E-state index contributed by atoms with van der Waals surface area (Å²) in [4.78, 5) is 2.96. The summed E-state index contributed by atoms with van der Waals surface area (Å²) in [6, 6.07) is -4.90. The Balaban J connectivity index is 2.80. The topological polar surface area (TPSA) is 12.5 Å². The van der Waals surface area contributed by atoms with E-state index in [1.54, 1.807) is 0 Å². The average Bonchev–Trinajstić information content (AvgIpc) is 1.81. The highest BCUT2D eigenvalue weighted by molar-refractivity contribution is 6.22. The van der Waals surface area contributed by atoms with Crippen molar-refractivity contribution in [2.24, 2.45) is 0 Å². The maximum absolute atomic E-state index is 12.1. The summed E-state index contributed by atoms with van der Waals surface area (Å²) in [7, 11) is 0. The molecule has 0 saturated carbocycles. The molecular weight excluding hydrogens is 215 g/mol. The molecule has 0 aliphatic carbocycles. The van der Waals surface area contributed by atoms with E-state index in [0.29, 0.717) is 0 Å². The first-order chi connectivity index (χ1) is 5.09. The SMILES string of the molecule is FC(F)(F)N1O[C@](F)(Cl)C1(F)F. The summed E-state index contributed by atoms with van der Waals surface area (Å²) in [6.45, 7) is 0. The molecule has 1 aliphatic heterocycles. The molecule has 1 rings (SSSR count). The molecule has 0 spiro atoms. The van der Waals surface area contributed by atoms with E-state index >= 15 is 0 Å². The third-order valence-corrected chi connectivity index (χ3v) is 1.34. The molecular formula is C3ClF6NO. The summed E-state index contributed by atoms with van der Waals surface area (Å²) in [5, 5.41) is -5.87. The number of hydrogen-bond acceptors (Lipinski definition) is 2. The number of hydroxylamine groups is 2. The normalized spacial score (nSPS) is 36.2. The van der Waals surface area contributed by atoms with Crippen molar-refractivity contribution in [2.75, 3.05) is 0 Å². The zero-order valence-corrected chi connectivity index (χ0v) is 5.76. The van der Waals surface area contributed by atoms with Gasteiger partial charge in [0.15, 0.2) is 0 Å². The first-order valence-corrected chi connectivity index (χ1v) is 2.78. The Hall–Kier alpha value is -0.210. The second-order valence-electron chi connectivity index (χ2n) is 1.91. The number of rotatable bonds is 0. The van der Waals surface area contributed by atoms with Gasteiger partial charge in [-0.15, -0.1) is 0 Å². The lowest BCUT2D eigenvalue weighted by molar-refractivity contribution is -0.594. The molecule has 1 atom stereocenters. The van der Waals surface area contributed by atoms with Gasteiger partial charge in [0, 0.05) is 0 Å². The number of hydrogen-bond donors (Lipinski definition) is 0. The third kappa shape index (κ3) is 1.14. The van der Waals surface area contributed by atoms with Gasteiger partial charge < -0.3 is 0 Å². The molecule has 0 aromatic heterocycles. The lowest BCUT2D eigenvalue weighted by Crippen LogP contribution is -2.71. The second-order valence-corrected chi connectivity index (χ2v) is 2.40. The number of nitrogens with zero attached hydrogens (tertiary/aromatic N) is 1. The van der Waals surface area contributed by atoms with Crippen LogP contribution in [0.2, 0.25) is 0 Å². The summed E-state index contributed by atoms with van der Waals surface area (Å²) in [6.07, 6.45) is -5.48. The molecule has 72 valence electrons. The Morgan fingerprint density at radius 2 is 1.58 bits per heavy atom. The molecule has 1 aliphatic rings. The van der Waals surface area contributed by atoms with Gasteiger partial charge in [-0.25, -0.2) is 4.84 Å². The monoisotopic (exact) mass is 215 g/mol. The van der Waals surface area contributed by atoms with Crippen LogP contribution in [0, 0.1) is 0 Å². The van der Waals surface area contributed by atoms with E-state index in [4.69, 9.17) is 0 Å². The van der Waals surface area contributed by atoms with E-state index in [1.165, 1.54) is 0 Å². The van der Waals surface area contributed by atoms with Gasteiger partial charge >= 0.3 is 17.7 Å². The van der Waals surface area contributed by atoms with Crippen molar-refractivity contribution in [1.82, 2.24) is 5.06 Å². The van der Waals surface area contributed by atoms with Crippen molar-refractivity contribution >= 4 is 11.6 Å². The minimum absolute atomic E-state index is 1.76. The van der Waals surface area contributed by atoms with E-state index < -0.39 is 22.7 Å². The van der Waals surface area contributed by atoms with Crippen LogP contribution in [0.15, 0.2) is 0 Å². The molecule has 12 heavy (non-hydrogen) atoms. The van der Waals surface area contributed by atoms with E-state index in [1.807, 2.05) is 0 Å². The van der Waals surface area contributed by atoms with Crippen molar-refractivity contribution in [3.63, 3.8) is 0 Å². The van der Waals surface area contributed by atoms with E-state index in [-0.39, 0.29) is 0 Å². The van der Waals surface area contributed by atoms with E-state index in [0.717, 1.165) is 0 Å². The lowest BCUT2D eigenvalue weighted by Gasteiger charge is -2.45. The smallest absolute Gasteiger partial charge is 0.223 e. The van der Waals surface area contributed by atoms with E-state index in [2.05, 4.69) is 16.4 Å². The van der Waals surface area contributed by atoms with Crippen LogP contribution in [-0.2, 0) is 4.84 Å². The molecule has 0 radical (unpaired) electrons. The Kier molecular flexibility index (Phi) is 1.79. The Bertz CT molecular complexity index is 201. The molecule has 1 heterocycles. The van der Waals surface area contributed by atoms with Crippen LogP contribution >= 0.6 is 11.6 Å². The van der Waals surface area contributed by atoms with Crippen LogP contribution < -0.4 is 0 Å². The molecule has 0 amide bonds. The van der Waals surface area contributed by atoms with Gasteiger partial charge in [-0.1, -0.05) is 0 Å². The largest absolute Gasteiger partial charge is 0.488 e. The maximum atomic E-state index is 12.1. The van der Waals surface area contributed by atoms with Gasteiger partial charge in [0.2, 0.25) is 0 Å². The van der Waals surface area contributed by atoms with Gasteiger partial charge in [0.05, 0.1) is 0 Å². The zero-order valence-electron chi connectivity index (χ0n) is 5.00. The molecule has 9 heteroatoms. The van der Waals surface area contributed by atoms with Gasteiger partial charge in [0.25, 0.3) is 0 Å². The highest BCUT2D eigenvalue weighted by atomic mass is 35.5.